The third-order valence-corrected chi connectivity index (χ3v) is 7.88. The molecule has 8 nitrogen and oxygen atoms in total. The number of amides is 1. The minimum Gasteiger partial charge on any atom is -0.478 e. The first-order valence-electron chi connectivity index (χ1n) is 13.3. The lowest BCUT2D eigenvalue weighted by Gasteiger charge is -2.36. The third kappa shape index (κ3) is 5.62. The zero-order valence-corrected chi connectivity index (χ0v) is 23.0. The maximum atomic E-state index is 14.3. The molecule has 1 aliphatic rings. The number of benzene rings is 4. The highest BCUT2D eigenvalue weighted by atomic mass is 35.5. The molecule has 0 saturated heterocycles. The largest absolute Gasteiger partial charge is 0.478 e. The van der Waals surface area contributed by atoms with E-state index in [1.54, 1.807) is 11.0 Å². The highest BCUT2D eigenvalue weighted by molar-refractivity contribution is 6.33. The Morgan fingerprint density at radius 3 is 1.95 bits per heavy atom. The third-order valence-electron chi connectivity index (χ3n) is 7.55. The van der Waals surface area contributed by atoms with Crippen LogP contribution in [-0.4, -0.2) is 44.0 Å². The number of carboxylic acids is 3. The van der Waals surface area contributed by atoms with Crippen LogP contribution >= 0.6 is 11.6 Å². The van der Waals surface area contributed by atoms with Gasteiger partial charge in [0.05, 0.1) is 28.3 Å². The maximum absolute atomic E-state index is 14.3. The number of halogens is 1. The topological polar surface area (TPSA) is 132 Å². The van der Waals surface area contributed by atoms with Gasteiger partial charge < -0.3 is 20.2 Å². The number of carbonyl (C=O) groups is 4. The Morgan fingerprint density at radius 1 is 0.738 bits per heavy atom. The Labute approximate surface area is 246 Å². The van der Waals surface area contributed by atoms with E-state index in [-0.39, 0.29) is 12.1 Å². The predicted molar refractivity (Wildman–Crippen MR) is 156 cm³/mol. The van der Waals surface area contributed by atoms with Crippen molar-refractivity contribution in [3.8, 4) is 11.1 Å². The second-order valence-corrected chi connectivity index (χ2v) is 10.5. The molecule has 0 radical (unpaired) electrons. The molecule has 9 heteroatoms. The second kappa shape index (κ2) is 11.9. The van der Waals surface area contributed by atoms with E-state index in [2.05, 4.69) is 0 Å². The summed E-state index contributed by atoms with van der Waals surface area (Å²) >= 11 is 6.37. The van der Waals surface area contributed by atoms with Crippen molar-refractivity contribution in [2.24, 2.45) is 0 Å². The Kier molecular flexibility index (Phi) is 8.08. The molecule has 0 aliphatic heterocycles. The molecule has 1 aliphatic carbocycles. The van der Waals surface area contributed by atoms with Gasteiger partial charge in [0.15, 0.2) is 0 Å². The zero-order valence-electron chi connectivity index (χ0n) is 22.3. The smallest absolute Gasteiger partial charge is 0.336 e. The average molecular weight is 584 g/mol. The molecule has 5 rings (SSSR count). The summed E-state index contributed by atoms with van der Waals surface area (Å²) in [7, 11) is 0. The van der Waals surface area contributed by atoms with Crippen molar-refractivity contribution in [1.82, 2.24) is 4.90 Å². The van der Waals surface area contributed by atoms with Crippen LogP contribution in [0.5, 0.6) is 0 Å². The van der Waals surface area contributed by atoms with E-state index >= 15 is 0 Å². The summed E-state index contributed by atoms with van der Waals surface area (Å²) in [6.45, 7) is 0.1000. The minimum atomic E-state index is -1.61. The lowest BCUT2D eigenvalue weighted by molar-refractivity contribution is 0.0611. The molecular formula is C33H26ClNO7. The fourth-order valence-corrected chi connectivity index (χ4v) is 5.76. The molecule has 42 heavy (non-hydrogen) atoms. The molecule has 0 heterocycles. The Bertz CT molecular complexity index is 1710. The van der Waals surface area contributed by atoms with Crippen molar-refractivity contribution in [1.29, 1.82) is 0 Å². The van der Waals surface area contributed by atoms with Gasteiger partial charge in [-0.25, -0.2) is 14.4 Å². The van der Waals surface area contributed by atoms with Gasteiger partial charge in [0.25, 0.3) is 5.91 Å². The van der Waals surface area contributed by atoms with Crippen LogP contribution in [0, 0.1) is 0 Å². The van der Waals surface area contributed by atoms with Gasteiger partial charge in [-0.1, -0.05) is 78.3 Å². The number of hydrogen-bond acceptors (Lipinski definition) is 4. The van der Waals surface area contributed by atoms with Gasteiger partial charge in [-0.15, -0.1) is 0 Å². The molecule has 1 atom stereocenters. The van der Waals surface area contributed by atoms with Crippen molar-refractivity contribution in [2.45, 2.75) is 31.8 Å². The first kappa shape index (κ1) is 28.6. The molecule has 4 aromatic rings. The number of carboxylic acid groups (broad SMARTS) is 3. The summed E-state index contributed by atoms with van der Waals surface area (Å²) in [4.78, 5) is 51.7. The number of rotatable bonds is 8. The molecule has 1 amide bonds. The number of aromatic carboxylic acids is 3. The van der Waals surface area contributed by atoms with E-state index in [9.17, 15) is 34.5 Å². The van der Waals surface area contributed by atoms with Gasteiger partial charge >= 0.3 is 17.9 Å². The first-order chi connectivity index (χ1) is 20.2. The van der Waals surface area contributed by atoms with E-state index in [1.165, 1.54) is 0 Å². The van der Waals surface area contributed by atoms with Crippen LogP contribution in [0.3, 0.4) is 0 Å². The van der Waals surface area contributed by atoms with Crippen LogP contribution in [0.15, 0.2) is 84.9 Å². The van der Waals surface area contributed by atoms with Crippen LogP contribution < -0.4 is 0 Å². The van der Waals surface area contributed by atoms with Crippen LogP contribution in [0.2, 0.25) is 5.02 Å². The highest BCUT2D eigenvalue weighted by Gasteiger charge is 2.33. The fraction of sp³-hybridized carbons (Fsp3) is 0.152. The van der Waals surface area contributed by atoms with E-state index in [1.807, 2.05) is 66.7 Å². The molecule has 0 unspecified atom stereocenters. The van der Waals surface area contributed by atoms with Crippen molar-refractivity contribution in [3.63, 3.8) is 0 Å². The lowest BCUT2D eigenvalue weighted by atomic mass is 9.86. The number of hydrogen-bond donors (Lipinski definition) is 3. The predicted octanol–water partition coefficient (Wildman–Crippen LogP) is 6.82. The van der Waals surface area contributed by atoms with Crippen LogP contribution in [0.1, 0.15) is 77.0 Å². The van der Waals surface area contributed by atoms with E-state index in [0.717, 1.165) is 52.8 Å². The Balaban J connectivity index is 1.61. The molecule has 0 fully saturated rings. The van der Waals surface area contributed by atoms with Gasteiger partial charge in [-0.3, -0.25) is 4.79 Å². The van der Waals surface area contributed by atoms with E-state index < -0.39 is 46.5 Å². The van der Waals surface area contributed by atoms with E-state index in [4.69, 9.17) is 11.6 Å². The molecule has 212 valence electrons. The van der Waals surface area contributed by atoms with Crippen molar-refractivity contribution in [3.05, 3.63) is 129 Å². The number of fused-ring (bicyclic) bond motifs is 1. The first-order valence-corrected chi connectivity index (χ1v) is 13.6. The highest BCUT2D eigenvalue weighted by Crippen LogP contribution is 2.37. The Morgan fingerprint density at radius 2 is 1.31 bits per heavy atom. The zero-order chi connectivity index (χ0) is 30.0. The minimum absolute atomic E-state index is 0.1000. The molecule has 4 aromatic carbocycles. The number of aryl methyl sites for hydroxylation is 1. The van der Waals surface area contributed by atoms with Crippen molar-refractivity contribution in [2.75, 3.05) is 0 Å². The summed E-state index contributed by atoms with van der Waals surface area (Å²) in [5.41, 5.74) is 2.17. The van der Waals surface area contributed by atoms with Crippen LogP contribution in [0.25, 0.3) is 11.1 Å². The normalized spacial score (nSPS) is 14.1. The SMILES string of the molecule is O=C(O)c1cc(C(=O)O)c(C(=O)N(Cc2ccc(-c3ccccc3Cl)cc2)[C@H]2CCCc3ccccc32)cc1C(=O)O. The van der Waals surface area contributed by atoms with Gasteiger partial charge in [0, 0.05) is 17.1 Å². The summed E-state index contributed by atoms with van der Waals surface area (Å²) in [5.74, 6) is -5.43. The van der Waals surface area contributed by atoms with Gasteiger partial charge in [-0.2, -0.15) is 0 Å². The summed E-state index contributed by atoms with van der Waals surface area (Å²) < 4.78 is 0. The van der Waals surface area contributed by atoms with E-state index in [0.29, 0.717) is 11.4 Å². The van der Waals surface area contributed by atoms with Crippen LogP contribution in [0.4, 0.5) is 0 Å². The maximum Gasteiger partial charge on any atom is 0.336 e. The summed E-state index contributed by atoms with van der Waals surface area (Å²) in [5, 5.41) is 29.8. The van der Waals surface area contributed by atoms with Crippen molar-refractivity contribution >= 4 is 35.4 Å². The second-order valence-electron chi connectivity index (χ2n) is 10.1. The van der Waals surface area contributed by atoms with Crippen LogP contribution in [-0.2, 0) is 13.0 Å². The molecule has 0 saturated carbocycles. The number of carbonyl (C=O) groups excluding carboxylic acids is 1. The van der Waals surface area contributed by atoms with Gasteiger partial charge in [0.2, 0.25) is 0 Å². The summed E-state index contributed by atoms with van der Waals surface area (Å²) in [6.07, 6.45) is 2.24. The number of nitrogens with zero attached hydrogens (tertiary/aromatic N) is 1. The summed E-state index contributed by atoms with van der Waals surface area (Å²) in [6, 6.07) is 23.9. The van der Waals surface area contributed by atoms with Gasteiger partial charge in [0.1, 0.15) is 0 Å². The monoisotopic (exact) mass is 583 g/mol. The van der Waals surface area contributed by atoms with Gasteiger partial charge in [-0.05, 0) is 59.7 Å². The Hall–Kier alpha value is -4.95. The lowest BCUT2D eigenvalue weighted by Crippen LogP contribution is -2.37. The van der Waals surface area contributed by atoms with Crippen molar-refractivity contribution < 1.29 is 34.5 Å². The quantitative estimate of drug-likeness (QED) is 0.207. The molecule has 0 aromatic heterocycles. The molecular weight excluding hydrogens is 558 g/mol. The standard InChI is InChI=1S/C33H26ClNO7/c34-28-10-4-3-8-22(28)21-14-12-19(13-15-21)18-35(29-11-5-7-20-6-1-2-9-23(20)29)30(36)24-16-26(32(39)40)27(33(41)42)17-25(24)31(37)38/h1-4,6,8-10,12-17,29H,5,7,11,18H2,(H,37,38)(H,39,40)(H,41,42)/t29-/m0/s1. The molecule has 3 N–H and O–H groups in total. The molecule has 0 spiro atoms. The molecule has 0 bridgehead atoms. The fourth-order valence-electron chi connectivity index (χ4n) is 5.52. The average Bonchev–Trinajstić information content (AvgIpc) is 2.99.